The van der Waals surface area contributed by atoms with Crippen LogP contribution in [-0.4, -0.2) is 30.1 Å². The van der Waals surface area contributed by atoms with Gasteiger partial charge in [0.15, 0.2) is 0 Å². The van der Waals surface area contributed by atoms with Gasteiger partial charge in [0.25, 0.3) is 0 Å². The molecule has 3 nitrogen and oxygen atoms in total. The number of piperidine rings is 1. The fourth-order valence-electron chi connectivity index (χ4n) is 3.25. The molecule has 2 rings (SSSR count). The maximum atomic E-state index is 10.3. The predicted octanol–water partition coefficient (Wildman–Crippen LogP) is 2.77. The van der Waals surface area contributed by atoms with Crippen molar-refractivity contribution < 1.29 is 9.90 Å². The van der Waals surface area contributed by atoms with Gasteiger partial charge in [-0.05, 0) is 50.5 Å². The lowest BCUT2D eigenvalue weighted by molar-refractivity contribution is -0.112. The SMILES string of the molecule is CC1CC(C=O)CCN1.CC1CCCC(C)(C)C1O. The fourth-order valence-corrected chi connectivity index (χ4v) is 3.25. The van der Waals surface area contributed by atoms with E-state index < -0.39 is 0 Å². The molecular weight excluding hydrogens is 238 g/mol. The fraction of sp³-hybridized carbons (Fsp3) is 0.938. The van der Waals surface area contributed by atoms with Crippen molar-refractivity contribution >= 4 is 6.29 Å². The van der Waals surface area contributed by atoms with Crippen molar-refractivity contribution in [2.75, 3.05) is 6.54 Å². The van der Waals surface area contributed by atoms with Gasteiger partial charge in [-0.15, -0.1) is 0 Å². The minimum absolute atomic E-state index is 0.0822. The number of aldehydes is 1. The van der Waals surface area contributed by atoms with Crippen molar-refractivity contribution in [1.82, 2.24) is 5.32 Å². The van der Waals surface area contributed by atoms with Gasteiger partial charge < -0.3 is 15.2 Å². The third-order valence-electron chi connectivity index (χ3n) is 4.68. The number of rotatable bonds is 1. The van der Waals surface area contributed by atoms with Crippen LogP contribution in [0.3, 0.4) is 0 Å². The van der Waals surface area contributed by atoms with Gasteiger partial charge in [-0.2, -0.15) is 0 Å². The van der Waals surface area contributed by atoms with E-state index >= 15 is 0 Å². The van der Waals surface area contributed by atoms with Crippen molar-refractivity contribution in [3.8, 4) is 0 Å². The second kappa shape index (κ2) is 7.39. The lowest BCUT2D eigenvalue weighted by Gasteiger charge is -2.39. The zero-order chi connectivity index (χ0) is 14.5. The first-order valence-electron chi connectivity index (χ1n) is 7.73. The van der Waals surface area contributed by atoms with Crippen LogP contribution in [-0.2, 0) is 4.79 Å². The van der Waals surface area contributed by atoms with E-state index in [-0.39, 0.29) is 11.5 Å². The minimum Gasteiger partial charge on any atom is -0.392 e. The van der Waals surface area contributed by atoms with E-state index in [4.69, 9.17) is 0 Å². The average Bonchev–Trinajstić information content (AvgIpc) is 2.36. The standard InChI is InChI=1S/C9H18O.C7H13NO/c1-7-5-4-6-9(2,3)8(7)10;1-6-4-7(5-9)2-3-8-6/h7-8,10H,4-6H2,1-3H3;5-8H,2-4H2,1H3. The second-order valence-corrected chi connectivity index (χ2v) is 7.08. The molecule has 0 aromatic carbocycles. The number of hydrogen-bond acceptors (Lipinski definition) is 3. The van der Waals surface area contributed by atoms with Gasteiger partial charge in [0, 0.05) is 12.0 Å². The summed E-state index contributed by atoms with van der Waals surface area (Å²) in [5.41, 5.74) is 0.164. The summed E-state index contributed by atoms with van der Waals surface area (Å²) in [5.74, 6) is 0.824. The number of nitrogens with one attached hydrogen (secondary N) is 1. The van der Waals surface area contributed by atoms with E-state index in [0.717, 1.165) is 25.7 Å². The number of aliphatic hydroxyl groups excluding tert-OH is 1. The molecule has 0 spiro atoms. The molecule has 2 fully saturated rings. The van der Waals surface area contributed by atoms with Crippen LogP contribution in [0.25, 0.3) is 0 Å². The Hall–Kier alpha value is -0.410. The first kappa shape index (κ1) is 16.6. The number of carbonyl (C=O) groups excluding carboxylic acids is 1. The third kappa shape index (κ3) is 5.23. The molecule has 1 saturated carbocycles. The minimum atomic E-state index is -0.0822. The van der Waals surface area contributed by atoms with Crippen LogP contribution in [0.5, 0.6) is 0 Å². The van der Waals surface area contributed by atoms with Crippen LogP contribution < -0.4 is 5.32 Å². The molecule has 0 amide bonds. The van der Waals surface area contributed by atoms with E-state index in [0.29, 0.717) is 17.9 Å². The molecule has 2 aliphatic rings. The van der Waals surface area contributed by atoms with Gasteiger partial charge in [0.05, 0.1) is 6.10 Å². The van der Waals surface area contributed by atoms with Crippen LogP contribution in [0.2, 0.25) is 0 Å². The van der Waals surface area contributed by atoms with Crippen molar-refractivity contribution in [3.05, 3.63) is 0 Å². The quantitative estimate of drug-likeness (QED) is 0.720. The molecule has 1 heterocycles. The lowest BCUT2D eigenvalue weighted by atomic mass is 9.70. The zero-order valence-electron chi connectivity index (χ0n) is 13.0. The Morgan fingerprint density at radius 1 is 1.26 bits per heavy atom. The molecule has 0 bridgehead atoms. The third-order valence-corrected chi connectivity index (χ3v) is 4.68. The Balaban J connectivity index is 0.000000191. The molecular formula is C16H31NO2. The van der Waals surface area contributed by atoms with Gasteiger partial charge in [0.1, 0.15) is 6.29 Å². The van der Waals surface area contributed by atoms with Crippen molar-refractivity contribution in [2.45, 2.75) is 71.9 Å². The summed E-state index contributed by atoms with van der Waals surface area (Å²) in [6, 6.07) is 0.536. The van der Waals surface area contributed by atoms with Gasteiger partial charge in [-0.25, -0.2) is 0 Å². The maximum Gasteiger partial charge on any atom is 0.123 e. The Morgan fingerprint density at radius 2 is 1.95 bits per heavy atom. The van der Waals surface area contributed by atoms with Crippen LogP contribution in [0.1, 0.15) is 59.8 Å². The highest BCUT2D eigenvalue weighted by molar-refractivity contribution is 5.53. The van der Waals surface area contributed by atoms with Crippen molar-refractivity contribution in [2.24, 2.45) is 17.3 Å². The van der Waals surface area contributed by atoms with E-state index in [2.05, 4.69) is 33.0 Å². The largest absolute Gasteiger partial charge is 0.392 e. The second-order valence-electron chi connectivity index (χ2n) is 7.08. The molecule has 1 saturated heterocycles. The molecule has 3 heteroatoms. The molecule has 0 radical (unpaired) electrons. The predicted molar refractivity (Wildman–Crippen MR) is 79.1 cm³/mol. The summed E-state index contributed by atoms with van der Waals surface area (Å²) < 4.78 is 0. The molecule has 0 aromatic rings. The highest BCUT2D eigenvalue weighted by atomic mass is 16.3. The van der Waals surface area contributed by atoms with Gasteiger partial charge in [0.2, 0.25) is 0 Å². The van der Waals surface area contributed by atoms with Crippen LogP contribution in [0.15, 0.2) is 0 Å². The van der Waals surface area contributed by atoms with Crippen molar-refractivity contribution in [3.63, 3.8) is 0 Å². The topological polar surface area (TPSA) is 49.3 Å². The summed E-state index contributed by atoms with van der Waals surface area (Å²) in [4.78, 5) is 10.3. The first-order valence-corrected chi connectivity index (χ1v) is 7.73. The number of carbonyl (C=O) groups is 1. The molecule has 19 heavy (non-hydrogen) atoms. The van der Waals surface area contributed by atoms with E-state index in [1.165, 1.54) is 19.3 Å². The summed E-state index contributed by atoms with van der Waals surface area (Å²) >= 11 is 0. The lowest BCUT2D eigenvalue weighted by Crippen LogP contribution is -2.38. The Kier molecular flexibility index (Phi) is 6.48. The van der Waals surface area contributed by atoms with Crippen molar-refractivity contribution in [1.29, 1.82) is 0 Å². The van der Waals surface area contributed by atoms with Crippen LogP contribution in [0, 0.1) is 17.3 Å². The van der Waals surface area contributed by atoms with Gasteiger partial charge in [-0.3, -0.25) is 0 Å². The first-order chi connectivity index (χ1) is 8.86. The number of hydrogen-bond donors (Lipinski definition) is 2. The molecule has 1 aliphatic heterocycles. The normalized spacial score (nSPS) is 37.9. The molecule has 2 N–H and O–H groups in total. The van der Waals surface area contributed by atoms with Crippen LogP contribution >= 0.6 is 0 Å². The maximum absolute atomic E-state index is 10.3. The monoisotopic (exact) mass is 269 g/mol. The summed E-state index contributed by atoms with van der Waals surface area (Å²) in [5, 5.41) is 13.0. The Labute approximate surface area is 118 Å². The molecule has 4 unspecified atom stereocenters. The Morgan fingerprint density at radius 3 is 2.37 bits per heavy atom. The Bertz CT molecular complexity index is 278. The van der Waals surface area contributed by atoms with E-state index in [9.17, 15) is 9.90 Å². The molecule has 112 valence electrons. The zero-order valence-corrected chi connectivity index (χ0v) is 13.0. The average molecular weight is 269 g/mol. The highest BCUT2D eigenvalue weighted by Gasteiger charge is 2.34. The smallest absolute Gasteiger partial charge is 0.123 e. The van der Waals surface area contributed by atoms with Gasteiger partial charge in [-0.1, -0.05) is 27.2 Å². The molecule has 1 aliphatic carbocycles. The summed E-state index contributed by atoms with van der Waals surface area (Å²) in [7, 11) is 0. The summed E-state index contributed by atoms with van der Waals surface area (Å²) in [6.07, 6.45) is 6.70. The summed E-state index contributed by atoms with van der Waals surface area (Å²) in [6.45, 7) is 9.59. The van der Waals surface area contributed by atoms with E-state index in [1.807, 2.05) is 0 Å². The van der Waals surface area contributed by atoms with Gasteiger partial charge >= 0.3 is 0 Å². The number of aliphatic hydroxyl groups is 1. The van der Waals surface area contributed by atoms with E-state index in [1.54, 1.807) is 0 Å². The molecule has 0 aromatic heterocycles. The van der Waals surface area contributed by atoms with Crippen LogP contribution in [0.4, 0.5) is 0 Å². The highest BCUT2D eigenvalue weighted by Crippen LogP contribution is 2.38. The molecule has 4 atom stereocenters.